The topological polar surface area (TPSA) is 88.3 Å². The maximum atomic E-state index is 14.3. The lowest BCUT2D eigenvalue weighted by atomic mass is 9.98. The van der Waals surface area contributed by atoms with Crippen molar-refractivity contribution in [1.82, 2.24) is 29.0 Å². The molecular weight excluding hydrogens is 604 g/mol. The molecular formula is C31H30BrClN6O2. The van der Waals surface area contributed by atoms with E-state index in [4.69, 9.17) is 16.7 Å². The van der Waals surface area contributed by atoms with Crippen LogP contribution in [0.25, 0.3) is 22.6 Å². The lowest BCUT2D eigenvalue weighted by Crippen LogP contribution is -2.46. The summed E-state index contributed by atoms with van der Waals surface area (Å²) < 4.78 is 4.38. The van der Waals surface area contributed by atoms with Crippen LogP contribution in [-0.4, -0.2) is 41.0 Å². The van der Waals surface area contributed by atoms with Gasteiger partial charge in [0.2, 0.25) is 0 Å². The second-order valence-electron chi connectivity index (χ2n) is 11.1. The van der Waals surface area contributed by atoms with Crippen molar-refractivity contribution in [1.29, 1.82) is 0 Å². The van der Waals surface area contributed by atoms with Gasteiger partial charge in [-0.05, 0) is 84.4 Å². The van der Waals surface area contributed by atoms with Crippen molar-refractivity contribution in [3.63, 3.8) is 0 Å². The van der Waals surface area contributed by atoms with Crippen LogP contribution in [0.1, 0.15) is 53.6 Å². The predicted octanol–water partition coefficient (Wildman–Crippen LogP) is 6.39. The number of aromatic amines is 1. The Morgan fingerprint density at radius 2 is 1.95 bits per heavy atom. The molecule has 0 spiro atoms. The van der Waals surface area contributed by atoms with Gasteiger partial charge in [-0.15, -0.1) is 0 Å². The smallest absolute Gasteiger partial charge is 0.261 e. The molecule has 1 unspecified atom stereocenters. The minimum atomic E-state index is -0.188. The summed E-state index contributed by atoms with van der Waals surface area (Å²) in [5.74, 6) is 0.239. The predicted molar refractivity (Wildman–Crippen MR) is 164 cm³/mol. The first-order chi connectivity index (χ1) is 19.6. The number of nitrogens with zero attached hydrogens (tertiary/aromatic N) is 5. The van der Waals surface area contributed by atoms with Gasteiger partial charge in [0.05, 0.1) is 46.9 Å². The summed E-state index contributed by atoms with van der Waals surface area (Å²) in [6, 6.07) is 13.0. The number of carbonyl (C=O) groups excluding carboxylic acids is 1. The van der Waals surface area contributed by atoms with Crippen LogP contribution in [0.4, 0.5) is 0 Å². The summed E-state index contributed by atoms with van der Waals surface area (Å²) in [5.41, 5.74) is 7.22. The molecule has 41 heavy (non-hydrogen) atoms. The monoisotopic (exact) mass is 632 g/mol. The van der Waals surface area contributed by atoms with Crippen molar-refractivity contribution in [2.24, 2.45) is 5.92 Å². The van der Waals surface area contributed by atoms with Crippen molar-refractivity contribution >= 4 is 39.1 Å². The SMILES string of the molecule is Cc1nc[nH]c1-c1ccc(-n2c(=O)c3c(n4ncc(CC(C)C)c24)CN(C(=O)c2ccc(Br)c(Cl)c2)C(C)C3)cc1. The van der Waals surface area contributed by atoms with Gasteiger partial charge in [-0.3, -0.25) is 14.2 Å². The van der Waals surface area contributed by atoms with Gasteiger partial charge in [0, 0.05) is 27.2 Å². The minimum Gasteiger partial charge on any atom is -0.344 e. The highest BCUT2D eigenvalue weighted by Gasteiger charge is 2.33. The number of imidazole rings is 1. The number of aryl methyl sites for hydroxylation is 1. The fourth-order valence-electron chi connectivity index (χ4n) is 5.71. The maximum absolute atomic E-state index is 14.3. The van der Waals surface area contributed by atoms with Crippen LogP contribution in [0.3, 0.4) is 0 Å². The number of amides is 1. The van der Waals surface area contributed by atoms with Crippen LogP contribution in [0.15, 0.2) is 64.3 Å². The molecule has 5 aromatic rings. The summed E-state index contributed by atoms with van der Waals surface area (Å²) in [7, 11) is 0. The van der Waals surface area contributed by atoms with E-state index in [-0.39, 0.29) is 24.1 Å². The summed E-state index contributed by atoms with van der Waals surface area (Å²) in [4.78, 5) is 37.2. The van der Waals surface area contributed by atoms with Gasteiger partial charge in [0.15, 0.2) is 0 Å². The number of hydrogen-bond acceptors (Lipinski definition) is 4. The van der Waals surface area contributed by atoms with Gasteiger partial charge in [0.25, 0.3) is 11.5 Å². The summed E-state index contributed by atoms with van der Waals surface area (Å²) >= 11 is 9.69. The molecule has 0 radical (unpaired) electrons. The Hall–Kier alpha value is -3.69. The van der Waals surface area contributed by atoms with Crippen molar-refractivity contribution in [3.8, 4) is 16.9 Å². The molecule has 2 aromatic carbocycles. The Morgan fingerprint density at radius 3 is 2.61 bits per heavy atom. The number of aromatic nitrogens is 5. The number of hydrogen-bond donors (Lipinski definition) is 1. The standard InChI is InChI=1S/C31H30BrClN6O2/c1-17(2)11-22-14-36-39-27-15-37(30(40)21-7-10-25(32)26(33)13-21)18(3)12-24(27)31(41)38(29(22)39)23-8-5-20(6-9-23)28-19(4)34-16-35-28/h5-10,13-14,16-18H,11-12,15H2,1-4H3,(H,34,35). The number of benzene rings is 2. The largest absolute Gasteiger partial charge is 0.344 e. The molecule has 210 valence electrons. The van der Waals surface area contributed by atoms with Crippen molar-refractivity contribution in [2.75, 3.05) is 0 Å². The molecule has 1 amide bonds. The molecule has 0 fully saturated rings. The molecule has 0 aliphatic carbocycles. The van der Waals surface area contributed by atoms with E-state index in [0.717, 1.165) is 50.4 Å². The van der Waals surface area contributed by atoms with E-state index in [9.17, 15) is 9.59 Å². The van der Waals surface area contributed by atoms with Crippen LogP contribution in [0.5, 0.6) is 0 Å². The normalized spacial score (nSPS) is 15.1. The first-order valence-corrected chi connectivity index (χ1v) is 14.8. The molecule has 0 saturated heterocycles. The van der Waals surface area contributed by atoms with Gasteiger partial charge < -0.3 is 9.88 Å². The average molecular weight is 634 g/mol. The number of nitrogens with one attached hydrogen (secondary N) is 1. The third-order valence-electron chi connectivity index (χ3n) is 7.74. The maximum Gasteiger partial charge on any atom is 0.261 e. The number of rotatable bonds is 5. The second kappa shape index (κ2) is 10.6. The van der Waals surface area contributed by atoms with E-state index in [1.54, 1.807) is 34.0 Å². The summed E-state index contributed by atoms with van der Waals surface area (Å²) in [6.07, 6.45) is 4.72. The lowest BCUT2D eigenvalue weighted by molar-refractivity contribution is 0.0651. The third-order valence-corrected chi connectivity index (χ3v) is 8.98. The van der Waals surface area contributed by atoms with Crippen LogP contribution >= 0.6 is 27.5 Å². The van der Waals surface area contributed by atoms with E-state index in [0.29, 0.717) is 28.5 Å². The number of carbonyl (C=O) groups is 1. The Balaban J connectivity index is 1.49. The van der Waals surface area contributed by atoms with Crippen molar-refractivity contribution in [2.45, 2.75) is 53.1 Å². The zero-order chi connectivity index (χ0) is 29.0. The van der Waals surface area contributed by atoms with Crippen molar-refractivity contribution < 1.29 is 4.79 Å². The molecule has 0 saturated carbocycles. The molecule has 1 aliphatic rings. The van der Waals surface area contributed by atoms with Gasteiger partial charge in [-0.1, -0.05) is 37.6 Å². The first-order valence-electron chi connectivity index (χ1n) is 13.6. The van der Waals surface area contributed by atoms with Gasteiger partial charge in [-0.25, -0.2) is 9.50 Å². The highest BCUT2D eigenvalue weighted by molar-refractivity contribution is 9.10. The Labute approximate surface area is 251 Å². The highest BCUT2D eigenvalue weighted by atomic mass is 79.9. The van der Waals surface area contributed by atoms with Crippen LogP contribution in [0.2, 0.25) is 5.02 Å². The van der Waals surface area contributed by atoms with E-state index in [1.807, 2.05) is 48.8 Å². The molecule has 1 aliphatic heterocycles. The second-order valence-corrected chi connectivity index (χ2v) is 12.4. The zero-order valence-electron chi connectivity index (χ0n) is 23.3. The van der Waals surface area contributed by atoms with E-state index in [1.165, 1.54) is 0 Å². The van der Waals surface area contributed by atoms with E-state index in [2.05, 4.69) is 39.7 Å². The Bertz CT molecular complexity index is 1850. The number of fused-ring (bicyclic) bond motifs is 3. The molecule has 3 aromatic heterocycles. The Morgan fingerprint density at radius 1 is 1.20 bits per heavy atom. The fraction of sp³-hybridized carbons (Fsp3) is 0.290. The average Bonchev–Trinajstić information content (AvgIpc) is 3.56. The minimum absolute atomic E-state index is 0.0749. The number of H-pyrrole nitrogens is 1. The molecule has 8 nitrogen and oxygen atoms in total. The third kappa shape index (κ3) is 4.81. The van der Waals surface area contributed by atoms with Crippen LogP contribution in [-0.2, 0) is 19.4 Å². The molecule has 4 heterocycles. The Kier molecular flexibility index (Phi) is 7.11. The van der Waals surface area contributed by atoms with E-state index < -0.39 is 0 Å². The lowest BCUT2D eigenvalue weighted by Gasteiger charge is -2.35. The van der Waals surface area contributed by atoms with Gasteiger partial charge in [-0.2, -0.15) is 5.10 Å². The summed E-state index contributed by atoms with van der Waals surface area (Å²) in [5, 5.41) is 5.25. The molecule has 1 N–H and O–H groups in total. The van der Waals surface area contributed by atoms with Crippen molar-refractivity contribution in [3.05, 3.63) is 103 Å². The van der Waals surface area contributed by atoms with Gasteiger partial charge >= 0.3 is 0 Å². The van der Waals surface area contributed by atoms with Crippen LogP contribution < -0.4 is 5.56 Å². The number of halogens is 2. The molecule has 1 atom stereocenters. The highest BCUT2D eigenvalue weighted by Crippen LogP contribution is 2.30. The van der Waals surface area contributed by atoms with E-state index >= 15 is 0 Å². The fourth-order valence-corrected chi connectivity index (χ4v) is 6.13. The van der Waals surface area contributed by atoms with Gasteiger partial charge in [0.1, 0.15) is 5.65 Å². The summed E-state index contributed by atoms with van der Waals surface area (Å²) in [6.45, 7) is 8.51. The molecule has 0 bridgehead atoms. The molecule has 10 heteroatoms. The molecule has 6 rings (SSSR count). The quantitative estimate of drug-likeness (QED) is 0.243. The zero-order valence-corrected chi connectivity index (χ0v) is 25.6. The first kappa shape index (κ1) is 27.5. The van der Waals surface area contributed by atoms with Crippen LogP contribution in [0, 0.1) is 12.8 Å².